The average molecular weight is 457 g/mol. The Balaban J connectivity index is 1.60. The molecule has 0 aliphatic heterocycles. The molecule has 0 atom stereocenters. The number of anilines is 1. The van der Waals surface area contributed by atoms with Gasteiger partial charge in [-0.2, -0.15) is 5.10 Å². The molecule has 1 aliphatic carbocycles. The maximum Gasteiger partial charge on any atom is 0.137 e. The number of hydrogen-bond donors (Lipinski definition) is 1. The van der Waals surface area contributed by atoms with E-state index in [2.05, 4.69) is 52.3 Å². The number of benzene rings is 1. The summed E-state index contributed by atoms with van der Waals surface area (Å²) in [6.45, 7) is 4.88. The summed E-state index contributed by atoms with van der Waals surface area (Å²) in [4.78, 5) is 14.0. The number of hydrogen-bond acceptors (Lipinski definition) is 6. The van der Waals surface area contributed by atoms with Crippen LogP contribution in [0.2, 0.25) is 0 Å². The lowest BCUT2D eigenvalue weighted by Gasteiger charge is -2.21. The van der Waals surface area contributed by atoms with Crippen LogP contribution < -0.4 is 10.1 Å². The van der Waals surface area contributed by atoms with Crippen LogP contribution >= 0.6 is 0 Å². The zero-order valence-corrected chi connectivity index (χ0v) is 20.2. The molecule has 1 aliphatic rings. The number of rotatable bonds is 7. The van der Waals surface area contributed by atoms with Crippen LogP contribution in [0.25, 0.3) is 22.3 Å². The van der Waals surface area contributed by atoms with Crippen molar-refractivity contribution in [3.8, 4) is 17.1 Å². The van der Waals surface area contributed by atoms with Crippen LogP contribution in [0.4, 0.5) is 5.82 Å². The second kappa shape index (κ2) is 9.79. The van der Waals surface area contributed by atoms with Gasteiger partial charge in [-0.3, -0.25) is 4.68 Å². The summed E-state index contributed by atoms with van der Waals surface area (Å²) in [5.41, 5.74) is 5.01. The van der Waals surface area contributed by atoms with Crippen molar-refractivity contribution in [2.75, 3.05) is 12.4 Å². The first kappa shape index (κ1) is 22.3. The molecule has 0 saturated heterocycles. The van der Waals surface area contributed by atoms with Crippen LogP contribution in [0.5, 0.6) is 5.75 Å². The van der Waals surface area contributed by atoms with Crippen LogP contribution in [0.15, 0.2) is 48.9 Å². The maximum atomic E-state index is 5.31. The van der Waals surface area contributed by atoms with Crippen LogP contribution in [0.3, 0.4) is 0 Å². The van der Waals surface area contributed by atoms with E-state index in [0.29, 0.717) is 12.5 Å². The van der Waals surface area contributed by atoms with E-state index >= 15 is 0 Å². The molecule has 1 N–H and O–H groups in total. The first-order valence-electron chi connectivity index (χ1n) is 12.2. The van der Waals surface area contributed by atoms with Gasteiger partial charge in [0.15, 0.2) is 0 Å². The number of methoxy groups -OCH3 is 1. The molecule has 0 unspecified atom stereocenters. The zero-order valence-electron chi connectivity index (χ0n) is 20.2. The summed E-state index contributed by atoms with van der Waals surface area (Å²) in [5.74, 6) is 2.19. The van der Waals surface area contributed by atoms with Gasteiger partial charge in [-0.15, -0.1) is 0 Å². The highest BCUT2D eigenvalue weighted by atomic mass is 16.5. The SMILES string of the molecule is COc1ccc(Cn2nc(-c3cc(C4CCCCC4)ncn3)c3c(NC(C)C)nccc32)cc1. The Labute approximate surface area is 200 Å². The first-order valence-corrected chi connectivity index (χ1v) is 12.2. The first-order chi connectivity index (χ1) is 16.6. The standard InChI is InChI=1S/C27H32N6O/c1-18(2)31-27-25-24(13-14-28-27)33(16-19-9-11-21(34-3)12-10-19)32-26(25)23-15-22(29-17-30-23)20-7-5-4-6-8-20/h9-15,17-18,20H,4-8,16H2,1-3H3,(H,28,31). The molecule has 7 heteroatoms. The van der Waals surface area contributed by atoms with Gasteiger partial charge in [0.25, 0.3) is 0 Å². The number of nitrogens with zero attached hydrogens (tertiary/aromatic N) is 5. The predicted molar refractivity (Wildman–Crippen MR) is 135 cm³/mol. The summed E-state index contributed by atoms with van der Waals surface area (Å²) >= 11 is 0. The normalized spacial score (nSPS) is 14.6. The fourth-order valence-electron chi connectivity index (χ4n) is 4.83. The van der Waals surface area contributed by atoms with Gasteiger partial charge < -0.3 is 10.1 Å². The number of nitrogens with one attached hydrogen (secondary N) is 1. The highest BCUT2D eigenvalue weighted by Crippen LogP contribution is 2.35. The van der Waals surface area contributed by atoms with Crippen molar-refractivity contribution in [2.45, 2.75) is 64.5 Å². The van der Waals surface area contributed by atoms with Gasteiger partial charge in [0.1, 0.15) is 23.6 Å². The highest BCUT2D eigenvalue weighted by molar-refractivity contribution is 6.00. The summed E-state index contributed by atoms with van der Waals surface area (Å²) < 4.78 is 7.36. The number of aromatic nitrogens is 5. The Bertz CT molecular complexity index is 1260. The molecule has 0 spiro atoms. The molecule has 0 bridgehead atoms. The summed E-state index contributed by atoms with van der Waals surface area (Å²) in [7, 11) is 1.68. The quantitative estimate of drug-likeness (QED) is 0.378. The Hall–Kier alpha value is -3.48. The third-order valence-corrected chi connectivity index (χ3v) is 6.54. The molecule has 4 aromatic rings. The van der Waals surface area contributed by atoms with Gasteiger partial charge in [0.2, 0.25) is 0 Å². The second-order valence-electron chi connectivity index (χ2n) is 9.37. The van der Waals surface area contributed by atoms with E-state index in [0.717, 1.165) is 45.1 Å². The van der Waals surface area contributed by atoms with E-state index in [4.69, 9.17) is 9.84 Å². The van der Waals surface area contributed by atoms with Crippen molar-refractivity contribution < 1.29 is 4.74 Å². The fraction of sp³-hybridized carbons (Fsp3) is 0.407. The third kappa shape index (κ3) is 4.60. The fourth-order valence-corrected chi connectivity index (χ4v) is 4.83. The topological polar surface area (TPSA) is 77.8 Å². The summed E-state index contributed by atoms with van der Waals surface area (Å²) in [5, 5.41) is 9.57. The number of ether oxygens (including phenoxy) is 1. The van der Waals surface area contributed by atoms with Gasteiger partial charge in [0, 0.05) is 23.9 Å². The van der Waals surface area contributed by atoms with Crippen molar-refractivity contribution >= 4 is 16.7 Å². The predicted octanol–water partition coefficient (Wildman–Crippen LogP) is 5.81. The molecule has 7 nitrogen and oxygen atoms in total. The van der Waals surface area contributed by atoms with E-state index in [1.807, 2.05) is 29.1 Å². The molecule has 1 fully saturated rings. The monoisotopic (exact) mass is 456 g/mol. The molecule has 3 aromatic heterocycles. The van der Waals surface area contributed by atoms with E-state index in [1.54, 1.807) is 13.4 Å². The Morgan fingerprint density at radius 3 is 2.56 bits per heavy atom. The Kier molecular flexibility index (Phi) is 6.43. The number of pyridine rings is 1. The van der Waals surface area contributed by atoms with Gasteiger partial charge in [-0.1, -0.05) is 31.4 Å². The van der Waals surface area contributed by atoms with E-state index in [1.165, 1.54) is 32.1 Å². The largest absolute Gasteiger partial charge is 0.497 e. The van der Waals surface area contributed by atoms with Crippen LogP contribution in [0.1, 0.15) is 63.1 Å². The van der Waals surface area contributed by atoms with E-state index in [9.17, 15) is 0 Å². The lowest BCUT2D eigenvalue weighted by atomic mass is 9.86. The Morgan fingerprint density at radius 2 is 1.82 bits per heavy atom. The van der Waals surface area contributed by atoms with Gasteiger partial charge in [-0.05, 0) is 56.5 Å². The zero-order chi connectivity index (χ0) is 23.5. The highest BCUT2D eigenvalue weighted by Gasteiger charge is 2.22. The van der Waals surface area contributed by atoms with Gasteiger partial charge in [0.05, 0.1) is 30.3 Å². The van der Waals surface area contributed by atoms with Crippen molar-refractivity contribution in [3.63, 3.8) is 0 Å². The third-order valence-electron chi connectivity index (χ3n) is 6.54. The van der Waals surface area contributed by atoms with Crippen molar-refractivity contribution in [1.29, 1.82) is 0 Å². The molecule has 3 heterocycles. The molecule has 176 valence electrons. The smallest absolute Gasteiger partial charge is 0.137 e. The lowest BCUT2D eigenvalue weighted by Crippen LogP contribution is -2.11. The average Bonchev–Trinajstić information content (AvgIpc) is 3.24. The van der Waals surface area contributed by atoms with Gasteiger partial charge in [-0.25, -0.2) is 15.0 Å². The minimum atomic E-state index is 0.249. The molecular formula is C27H32N6O. The Morgan fingerprint density at radius 1 is 1.03 bits per heavy atom. The second-order valence-corrected chi connectivity index (χ2v) is 9.37. The lowest BCUT2D eigenvalue weighted by molar-refractivity contribution is 0.414. The minimum absolute atomic E-state index is 0.249. The molecule has 34 heavy (non-hydrogen) atoms. The van der Waals surface area contributed by atoms with Crippen molar-refractivity contribution in [3.05, 3.63) is 60.2 Å². The molecule has 1 aromatic carbocycles. The van der Waals surface area contributed by atoms with Gasteiger partial charge >= 0.3 is 0 Å². The molecule has 0 amide bonds. The van der Waals surface area contributed by atoms with Crippen molar-refractivity contribution in [1.82, 2.24) is 24.7 Å². The molecule has 1 saturated carbocycles. The molecular weight excluding hydrogens is 424 g/mol. The van der Waals surface area contributed by atoms with E-state index in [-0.39, 0.29) is 6.04 Å². The summed E-state index contributed by atoms with van der Waals surface area (Å²) in [6, 6.07) is 12.5. The van der Waals surface area contributed by atoms with Crippen molar-refractivity contribution in [2.24, 2.45) is 0 Å². The van der Waals surface area contributed by atoms with Crippen LogP contribution in [-0.4, -0.2) is 37.9 Å². The maximum absolute atomic E-state index is 5.31. The molecule has 5 rings (SSSR count). The number of fused-ring (bicyclic) bond motifs is 1. The van der Waals surface area contributed by atoms with Crippen LogP contribution in [-0.2, 0) is 6.54 Å². The summed E-state index contributed by atoms with van der Waals surface area (Å²) in [6.07, 6.45) is 9.81. The van der Waals surface area contributed by atoms with E-state index < -0.39 is 0 Å². The van der Waals surface area contributed by atoms with Crippen LogP contribution in [0, 0.1) is 0 Å². The molecule has 0 radical (unpaired) electrons. The minimum Gasteiger partial charge on any atom is -0.497 e.